The molecule has 2 fully saturated rings. The Balaban J connectivity index is 1.45. The number of imidazole rings is 1. The topological polar surface area (TPSA) is 66.9 Å². The van der Waals surface area contributed by atoms with Crippen molar-refractivity contribution in [3.05, 3.63) is 47.1 Å². The molecule has 2 N–H and O–H groups in total. The molecule has 108 valence electrons. The molecule has 21 heavy (non-hydrogen) atoms. The molecular weight excluding hydrogens is 266 g/mol. The van der Waals surface area contributed by atoms with Crippen LogP contribution in [0.3, 0.4) is 0 Å². The molecule has 2 aliphatic carbocycles. The second-order valence-electron chi connectivity index (χ2n) is 6.10. The van der Waals surface area contributed by atoms with Crippen LogP contribution in [0.1, 0.15) is 19.3 Å². The zero-order valence-electron chi connectivity index (χ0n) is 11.6. The molecule has 0 aliphatic heterocycles. The number of nitrogens with zero attached hydrogens (tertiary/aromatic N) is 1. The molecule has 2 atom stereocenters. The molecule has 0 saturated heterocycles. The zero-order chi connectivity index (χ0) is 14.4. The molecule has 0 radical (unpaired) electrons. The predicted octanol–water partition coefficient (Wildman–Crippen LogP) is 2.15. The summed E-state index contributed by atoms with van der Waals surface area (Å²) in [4.78, 5) is 26.3. The first-order valence-electron chi connectivity index (χ1n) is 7.38. The molecule has 4 rings (SSSR count). The maximum Gasteiger partial charge on any atom is 0.330 e. The lowest BCUT2D eigenvalue weighted by atomic mass is 10.0. The van der Waals surface area contributed by atoms with Crippen LogP contribution in [0.25, 0.3) is 5.69 Å². The number of aromatic amines is 1. The lowest BCUT2D eigenvalue weighted by Crippen LogP contribution is -2.21. The van der Waals surface area contributed by atoms with Gasteiger partial charge in [0.2, 0.25) is 5.91 Å². The van der Waals surface area contributed by atoms with E-state index in [2.05, 4.69) is 10.3 Å². The first-order valence-corrected chi connectivity index (χ1v) is 7.38. The van der Waals surface area contributed by atoms with E-state index in [-0.39, 0.29) is 17.5 Å². The van der Waals surface area contributed by atoms with Gasteiger partial charge in [-0.15, -0.1) is 0 Å². The fraction of sp³-hybridized carbons (Fsp3) is 0.375. The van der Waals surface area contributed by atoms with Gasteiger partial charge in [-0.3, -0.25) is 9.36 Å². The average molecular weight is 283 g/mol. The van der Waals surface area contributed by atoms with Gasteiger partial charge in [-0.05, 0) is 55.4 Å². The van der Waals surface area contributed by atoms with Gasteiger partial charge >= 0.3 is 5.69 Å². The summed E-state index contributed by atoms with van der Waals surface area (Å²) in [6.07, 6.45) is 6.70. The van der Waals surface area contributed by atoms with E-state index in [0.29, 0.717) is 0 Å². The van der Waals surface area contributed by atoms with Crippen LogP contribution in [-0.4, -0.2) is 15.5 Å². The summed E-state index contributed by atoms with van der Waals surface area (Å²) in [7, 11) is 0. The van der Waals surface area contributed by atoms with Gasteiger partial charge in [0.05, 0.1) is 5.69 Å². The number of amides is 1. The van der Waals surface area contributed by atoms with E-state index in [9.17, 15) is 9.59 Å². The Labute approximate surface area is 122 Å². The number of nitrogens with one attached hydrogen (secondary N) is 2. The number of anilines is 1. The highest BCUT2D eigenvalue weighted by Crippen LogP contribution is 2.54. The number of benzene rings is 1. The summed E-state index contributed by atoms with van der Waals surface area (Å²) < 4.78 is 1.52. The summed E-state index contributed by atoms with van der Waals surface area (Å²) in [6.45, 7) is 0. The van der Waals surface area contributed by atoms with E-state index >= 15 is 0 Å². The minimum Gasteiger partial charge on any atom is -0.326 e. The summed E-state index contributed by atoms with van der Waals surface area (Å²) in [5, 5.41) is 2.98. The lowest BCUT2D eigenvalue weighted by molar-refractivity contribution is -0.120. The van der Waals surface area contributed by atoms with E-state index < -0.39 is 0 Å². The third-order valence-corrected chi connectivity index (χ3v) is 4.68. The second-order valence-corrected chi connectivity index (χ2v) is 6.10. The van der Waals surface area contributed by atoms with Crippen molar-refractivity contribution in [2.45, 2.75) is 19.3 Å². The highest BCUT2D eigenvalue weighted by atomic mass is 16.2. The van der Waals surface area contributed by atoms with Crippen molar-refractivity contribution in [1.82, 2.24) is 9.55 Å². The minimum absolute atomic E-state index is 0.133. The molecule has 2 aliphatic rings. The van der Waals surface area contributed by atoms with Crippen molar-refractivity contribution in [1.29, 1.82) is 0 Å². The Bertz CT molecular complexity index is 718. The Morgan fingerprint density at radius 2 is 1.86 bits per heavy atom. The van der Waals surface area contributed by atoms with Crippen molar-refractivity contribution in [2.24, 2.45) is 17.8 Å². The molecule has 5 nitrogen and oxygen atoms in total. The zero-order valence-corrected chi connectivity index (χ0v) is 11.6. The monoisotopic (exact) mass is 283 g/mol. The first-order chi connectivity index (χ1) is 10.2. The van der Waals surface area contributed by atoms with Gasteiger partial charge in [0.25, 0.3) is 0 Å². The van der Waals surface area contributed by atoms with Crippen molar-refractivity contribution in [3.8, 4) is 5.69 Å². The molecular formula is C16H17N3O2. The third-order valence-electron chi connectivity index (χ3n) is 4.68. The maximum absolute atomic E-state index is 12.2. The van der Waals surface area contributed by atoms with Gasteiger partial charge in [0.15, 0.2) is 0 Å². The Kier molecular flexibility index (Phi) is 2.74. The Morgan fingerprint density at radius 3 is 2.48 bits per heavy atom. The number of hydrogen-bond donors (Lipinski definition) is 2. The normalized spacial score (nSPS) is 26.4. The van der Waals surface area contributed by atoms with Crippen LogP contribution in [0.5, 0.6) is 0 Å². The van der Waals surface area contributed by atoms with Crippen molar-refractivity contribution in [3.63, 3.8) is 0 Å². The third kappa shape index (κ3) is 2.28. The Morgan fingerprint density at radius 1 is 1.14 bits per heavy atom. The molecule has 1 aromatic heterocycles. The Hall–Kier alpha value is -2.30. The number of H-pyrrole nitrogens is 1. The van der Waals surface area contributed by atoms with E-state index in [0.717, 1.165) is 36.1 Å². The van der Waals surface area contributed by atoms with Crippen LogP contribution in [0, 0.1) is 17.8 Å². The highest BCUT2D eigenvalue weighted by molar-refractivity contribution is 5.92. The SMILES string of the molecule is O=C(Nc1ccc(-n2cc[nH]c2=O)cc1)C1CC2CC2C1. The number of carbonyl (C=O) groups excluding carboxylic acids is 1. The minimum atomic E-state index is -0.169. The van der Waals surface area contributed by atoms with Gasteiger partial charge in [-0.2, -0.15) is 0 Å². The molecule has 1 amide bonds. The van der Waals surface area contributed by atoms with Crippen molar-refractivity contribution < 1.29 is 4.79 Å². The van der Waals surface area contributed by atoms with Gasteiger partial charge < -0.3 is 10.3 Å². The van der Waals surface area contributed by atoms with Crippen LogP contribution in [0.15, 0.2) is 41.5 Å². The van der Waals surface area contributed by atoms with Crippen molar-refractivity contribution >= 4 is 11.6 Å². The van der Waals surface area contributed by atoms with Gasteiger partial charge in [0.1, 0.15) is 0 Å². The standard InChI is InChI=1S/C16H17N3O2/c20-15(12-8-10-7-11(10)9-12)18-13-1-3-14(4-2-13)19-6-5-17-16(19)21/h1-6,10-12H,7-9H2,(H,17,21)(H,18,20). The van der Waals surface area contributed by atoms with Gasteiger partial charge in [0, 0.05) is 24.0 Å². The van der Waals surface area contributed by atoms with E-state index in [1.807, 2.05) is 24.3 Å². The van der Waals surface area contributed by atoms with E-state index in [4.69, 9.17) is 0 Å². The van der Waals surface area contributed by atoms with Crippen LogP contribution < -0.4 is 11.0 Å². The molecule has 2 saturated carbocycles. The van der Waals surface area contributed by atoms with Crippen LogP contribution in [0.2, 0.25) is 0 Å². The quantitative estimate of drug-likeness (QED) is 0.906. The van der Waals surface area contributed by atoms with E-state index in [1.54, 1.807) is 12.4 Å². The van der Waals surface area contributed by atoms with Crippen LogP contribution >= 0.6 is 0 Å². The molecule has 2 aromatic rings. The number of aromatic nitrogens is 2. The molecule has 0 spiro atoms. The molecule has 1 aromatic carbocycles. The predicted molar refractivity (Wildman–Crippen MR) is 79.3 cm³/mol. The summed E-state index contributed by atoms with van der Waals surface area (Å²) in [5.41, 5.74) is 1.39. The lowest BCUT2D eigenvalue weighted by Gasteiger charge is -2.12. The number of hydrogen-bond acceptors (Lipinski definition) is 2. The van der Waals surface area contributed by atoms with Gasteiger partial charge in [-0.25, -0.2) is 4.79 Å². The van der Waals surface area contributed by atoms with Gasteiger partial charge in [-0.1, -0.05) is 0 Å². The number of rotatable bonds is 3. The highest BCUT2D eigenvalue weighted by Gasteiger charge is 2.47. The molecule has 2 unspecified atom stereocenters. The molecule has 1 heterocycles. The van der Waals surface area contributed by atoms with Crippen molar-refractivity contribution in [2.75, 3.05) is 5.32 Å². The molecule has 0 bridgehead atoms. The maximum atomic E-state index is 12.2. The number of fused-ring (bicyclic) bond motifs is 1. The van der Waals surface area contributed by atoms with Crippen LogP contribution in [-0.2, 0) is 4.79 Å². The first kappa shape index (κ1) is 12.4. The summed E-state index contributed by atoms with van der Waals surface area (Å²) in [6, 6.07) is 7.33. The summed E-state index contributed by atoms with van der Waals surface area (Å²) >= 11 is 0. The summed E-state index contributed by atoms with van der Waals surface area (Å²) in [5.74, 6) is 1.93. The second kappa shape index (κ2) is 4.62. The van der Waals surface area contributed by atoms with E-state index in [1.165, 1.54) is 11.0 Å². The molecule has 5 heteroatoms. The fourth-order valence-corrected chi connectivity index (χ4v) is 3.40. The number of carbonyl (C=O) groups is 1. The fourth-order valence-electron chi connectivity index (χ4n) is 3.40. The average Bonchev–Trinajstić information content (AvgIpc) is 2.89. The smallest absolute Gasteiger partial charge is 0.326 e. The largest absolute Gasteiger partial charge is 0.330 e. The van der Waals surface area contributed by atoms with Crippen LogP contribution in [0.4, 0.5) is 5.69 Å².